The minimum atomic E-state index is -0.357. The van der Waals surface area contributed by atoms with E-state index in [2.05, 4.69) is 5.32 Å². The molecule has 110 valence electrons. The minimum Gasteiger partial charge on any atom is -0.385 e. The van der Waals surface area contributed by atoms with Crippen molar-refractivity contribution in [1.29, 1.82) is 0 Å². The molecular formula is C14H26N2O3. The topological polar surface area (TPSA) is 58.6 Å². The number of carbonyl (C=O) groups is 2. The Bertz CT molecular complexity index is 318. The van der Waals surface area contributed by atoms with Gasteiger partial charge in [0.2, 0.25) is 11.8 Å². The van der Waals surface area contributed by atoms with Crippen molar-refractivity contribution in [3.8, 4) is 0 Å². The van der Waals surface area contributed by atoms with Gasteiger partial charge in [0.1, 0.15) is 12.1 Å². The molecule has 1 aliphatic rings. The van der Waals surface area contributed by atoms with Gasteiger partial charge in [0.15, 0.2) is 0 Å². The van der Waals surface area contributed by atoms with E-state index < -0.39 is 0 Å². The van der Waals surface area contributed by atoms with Gasteiger partial charge < -0.3 is 15.0 Å². The second kappa shape index (κ2) is 7.48. The predicted molar refractivity (Wildman–Crippen MR) is 73.7 cm³/mol. The molecular weight excluding hydrogens is 244 g/mol. The highest BCUT2D eigenvalue weighted by Gasteiger charge is 2.40. The van der Waals surface area contributed by atoms with Crippen molar-refractivity contribution in [1.82, 2.24) is 10.2 Å². The average Bonchev–Trinajstić information content (AvgIpc) is 2.37. The Morgan fingerprint density at radius 2 is 2.00 bits per heavy atom. The number of amides is 2. The lowest BCUT2D eigenvalue weighted by molar-refractivity contribution is -0.151. The Morgan fingerprint density at radius 3 is 2.53 bits per heavy atom. The minimum absolute atomic E-state index is 0.0202. The molecule has 0 spiro atoms. The van der Waals surface area contributed by atoms with E-state index in [-0.39, 0.29) is 29.8 Å². The Kier molecular flexibility index (Phi) is 6.28. The second-order valence-electron chi connectivity index (χ2n) is 5.39. The molecule has 0 radical (unpaired) electrons. The van der Waals surface area contributed by atoms with E-state index in [0.717, 1.165) is 12.8 Å². The average molecular weight is 270 g/mol. The highest BCUT2D eigenvalue weighted by molar-refractivity contribution is 5.97. The Morgan fingerprint density at radius 1 is 1.32 bits per heavy atom. The van der Waals surface area contributed by atoms with Crippen LogP contribution in [0.1, 0.15) is 40.0 Å². The Labute approximate surface area is 115 Å². The van der Waals surface area contributed by atoms with Crippen LogP contribution in [-0.2, 0) is 14.3 Å². The molecule has 5 nitrogen and oxygen atoms in total. The summed E-state index contributed by atoms with van der Waals surface area (Å²) >= 11 is 0. The van der Waals surface area contributed by atoms with E-state index >= 15 is 0 Å². The van der Waals surface area contributed by atoms with E-state index in [1.807, 2.05) is 20.8 Å². The Balaban J connectivity index is 2.72. The maximum absolute atomic E-state index is 12.4. The SMILES string of the molecule is CCC1NC(=O)C(C(C)C)N(CCCCOC)C1=O. The lowest BCUT2D eigenvalue weighted by Gasteiger charge is -2.40. The van der Waals surface area contributed by atoms with Crippen LogP contribution in [0.2, 0.25) is 0 Å². The van der Waals surface area contributed by atoms with Gasteiger partial charge in [-0.1, -0.05) is 20.8 Å². The van der Waals surface area contributed by atoms with Crippen LogP contribution >= 0.6 is 0 Å². The Hall–Kier alpha value is -1.10. The number of ether oxygens (including phenoxy) is 1. The molecule has 5 heteroatoms. The molecule has 1 saturated heterocycles. The van der Waals surface area contributed by atoms with E-state index in [0.29, 0.717) is 19.6 Å². The third kappa shape index (κ3) is 3.93. The molecule has 0 aromatic carbocycles. The van der Waals surface area contributed by atoms with Crippen molar-refractivity contribution in [2.24, 2.45) is 5.92 Å². The van der Waals surface area contributed by atoms with Gasteiger partial charge in [0, 0.05) is 20.3 Å². The van der Waals surface area contributed by atoms with E-state index in [9.17, 15) is 9.59 Å². The monoisotopic (exact) mass is 270 g/mol. The van der Waals surface area contributed by atoms with Gasteiger partial charge in [-0.3, -0.25) is 9.59 Å². The summed E-state index contributed by atoms with van der Waals surface area (Å²) in [6.07, 6.45) is 2.42. The van der Waals surface area contributed by atoms with E-state index in [4.69, 9.17) is 4.74 Å². The fourth-order valence-electron chi connectivity index (χ4n) is 2.51. The smallest absolute Gasteiger partial charge is 0.245 e. The molecule has 0 saturated carbocycles. The van der Waals surface area contributed by atoms with Crippen LogP contribution < -0.4 is 5.32 Å². The van der Waals surface area contributed by atoms with Crippen molar-refractivity contribution in [2.45, 2.75) is 52.1 Å². The lowest BCUT2D eigenvalue weighted by Crippen LogP contribution is -2.64. The molecule has 19 heavy (non-hydrogen) atoms. The van der Waals surface area contributed by atoms with Crippen LogP contribution in [0.25, 0.3) is 0 Å². The van der Waals surface area contributed by atoms with Gasteiger partial charge in [0.25, 0.3) is 0 Å². The third-order valence-corrected chi connectivity index (χ3v) is 3.54. The summed E-state index contributed by atoms with van der Waals surface area (Å²) < 4.78 is 5.01. The van der Waals surface area contributed by atoms with Crippen molar-refractivity contribution in [3.63, 3.8) is 0 Å². The summed E-state index contributed by atoms with van der Waals surface area (Å²) in [6, 6.07) is -0.692. The first kappa shape index (κ1) is 16.0. The fourth-order valence-corrected chi connectivity index (χ4v) is 2.51. The van der Waals surface area contributed by atoms with E-state index in [1.54, 1.807) is 12.0 Å². The largest absolute Gasteiger partial charge is 0.385 e. The summed E-state index contributed by atoms with van der Waals surface area (Å²) in [5.41, 5.74) is 0. The summed E-state index contributed by atoms with van der Waals surface area (Å²) in [5.74, 6) is 0.163. The number of rotatable bonds is 7. The zero-order valence-electron chi connectivity index (χ0n) is 12.4. The molecule has 1 rings (SSSR count). The molecule has 0 aromatic heterocycles. The second-order valence-corrected chi connectivity index (χ2v) is 5.39. The number of nitrogens with zero attached hydrogens (tertiary/aromatic N) is 1. The number of methoxy groups -OCH3 is 1. The van der Waals surface area contributed by atoms with Crippen LogP contribution in [0, 0.1) is 5.92 Å². The number of nitrogens with one attached hydrogen (secondary N) is 1. The maximum Gasteiger partial charge on any atom is 0.245 e. The van der Waals surface area contributed by atoms with Crippen LogP contribution in [0.3, 0.4) is 0 Å². The van der Waals surface area contributed by atoms with Crippen molar-refractivity contribution >= 4 is 11.8 Å². The number of carbonyl (C=O) groups excluding carboxylic acids is 2. The van der Waals surface area contributed by atoms with Crippen molar-refractivity contribution in [2.75, 3.05) is 20.3 Å². The fraction of sp³-hybridized carbons (Fsp3) is 0.857. The van der Waals surface area contributed by atoms with Gasteiger partial charge in [-0.2, -0.15) is 0 Å². The predicted octanol–water partition coefficient (Wildman–Crippen LogP) is 1.17. The molecule has 2 amide bonds. The summed E-state index contributed by atoms with van der Waals surface area (Å²) in [6.45, 7) is 7.20. The van der Waals surface area contributed by atoms with Gasteiger partial charge >= 0.3 is 0 Å². The number of unbranched alkanes of at least 4 members (excludes halogenated alkanes) is 1. The van der Waals surface area contributed by atoms with Crippen LogP contribution in [0.15, 0.2) is 0 Å². The molecule has 1 fully saturated rings. The highest BCUT2D eigenvalue weighted by atomic mass is 16.5. The standard InChI is InChI=1S/C14H26N2O3/c1-5-11-14(18)16(8-6-7-9-19-4)12(10(2)3)13(17)15-11/h10-12H,5-9H2,1-4H3,(H,15,17). The molecule has 0 bridgehead atoms. The van der Waals surface area contributed by atoms with Crippen molar-refractivity contribution < 1.29 is 14.3 Å². The van der Waals surface area contributed by atoms with Crippen LogP contribution in [0.5, 0.6) is 0 Å². The number of piperazine rings is 1. The van der Waals surface area contributed by atoms with Gasteiger partial charge in [-0.25, -0.2) is 0 Å². The summed E-state index contributed by atoms with van der Waals surface area (Å²) in [5, 5.41) is 2.82. The molecule has 0 aromatic rings. The quantitative estimate of drug-likeness (QED) is 0.707. The molecule has 1 heterocycles. The first-order valence-corrected chi connectivity index (χ1v) is 7.12. The lowest BCUT2D eigenvalue weighted by atomic mass is 9.96. The third-order valence-electron chi connectivity index (χ3n) is 3.54. The molecule has 1 aliphatic heterocycles. The number of hydrogen-bond acceptors (Lipinski definition) is 3. The van der Waals surface area contributed by atoms with Crippen LogP contribution in [-0.4, -0.2) is 49.1 Å². The van der Waals surface area contributed by atoms with Gasteiger partial charge in [-0.05, 0) is 25.2 Å². The zero-order chi connectivity index (χ0) is 14.4. The molecule has 1 N–H and O–H groups in total. The van der Waals surface area contributed by atoms with E-state index in [1.165, 1.54) is 0 Å². The van der Waals surface area contributed by atoms with Crippen LogP contribution in [0.4, 0.5) is 0 Å². The first-order valence-electron chi connectivity index (χ1n) is 7.12. The molecule has 2 atom stereocenters. The van der Waals surface area contributed by atoms with Crippen molar-refractivity contribution in [3.05, 3.63) is 0 Å². The maximum atomic E-state index is 12.4. The van der Waals surface area contributed by atoms with Gasteiger partial charge in [0.05, 0.1) is 0 Å². The molecule has 0 aliphatic carbocycles. The zero-order valence-corrected chi connectivity index (χ0v) is 12.4. The highest BCUT2D eigenvalue weighted by Crippen LogP contribution is 2.19. The normalized spacial score (nSPS) is 23.9. The first-order chi connectivity index (χ1) is 9.02. The van der Waals surface area contributed by atoms with Gasteiger partial charge in [-0.15, -0.1) is 0 Å². The molecule has 2 unspecified atom stereocenters. The summed E-state index contributed by atoms with van der Waals surface area (Å²) in [7, 11) is 1.67. The number of hydrogen-bond donors (Lipinski definition) is 1. The summed E-state index contributed by atoms with van der Waals surface area (Å²) in [4.78, 5) is 26.2.